The highest BCUT2D eigenvalue weighted by Crippen LogP contribution is 2.25. The van der Waals surface area contributed by atoms with Crippen molar-refractivity contribution in [3.05, 3.63) is 69.7 Å². The lowest BCUT2D eigenvalue weighted by molar-refractivity contribution is -0.127. The van der Waals surface area contributed by atoms with Crippen molar-refractivity contribution in [2.24, 2.45) is 5.92 Å². The second-order valence-corrected chi connectivity index (χ2v) is 9.19. The van der Waals surface area contributed by atoms with Gasteiger partial charge < -0.3 is 15.1 Å². The first kappa shape index (κ1) is 23.6. The Morgan fingerprint density at radius 3 is 2.55 bits per heavy atom. The van der Waals surface area contributed by atoms with Gasteiger partial charge in [-0.15, -0.1) is 0 Å². The number of likely N-dealkylation sites (N-methyl/N-ethyl adjacent to an activating group) is 1. The van der Waals surface area contributed by atoms with Crippen molar-refractivity contribution < 1.29 is 9.59 Å². The van der Waals surface area contributed by atoms with Crippen molar-refractivity contribution in [2.75, 3.05) is 33.7 Å². The van der Waals surface area contributed by atoms with Gasteiger partial charge in [0.15, 0.2) is 0 Å². The maximum atomic E-state index is 13.1. The van der Waals surface area contributed by atoms with Gasteiger partial charge in [-0.25, -0.2) is 0 Å². The van der Waals surface area contributed by atoms with E-state index >= 15 is 0 Å². The summed E-state index contributed by atoms with van der Waals surface area (Å²) in [7, 11) is 4.00. The maximum Gasteiger partial charge on any atom is 0.253 e. The Hall–Kier alpha value is -2.08. The van der Waals surface area contributed by atoms with Crippen LogP contribution in [-0.4, -0.2) is 61.4 Å². The minimum Gasteiger partial charge on any atom is -0.351 e. The summed E-state index contributed by atoms with van der Waals surface area (Å²) in [6.45, 7) is 1.79. The summed E-state index contributed by atoms with van der Waals surface area (Å²) < 4.78 is 0. The van der Waals surface area contributed by atoms with Crippen LogP contribution >= 0.6 is 23.2 Å². The van der Waals surface area contributed by atoms with Crippen LogP contribution < -0.4 is 5.32 Å². The van der Waals surface area contributed by atoms with Gasteiger partial charge in [-0.3, -0.25) is 9.59 Å². The molecule has 0 spiro atoms. The Morgan fingerprint density at radius 2 is 1.87 bits per heavy atom. The molecule has 0 aromatic heterocycles. The van der Waals surface area contributed by atoms with E-state index in [9.17, 15) is 9.59 Å². The van der Waals surface area contributed by atoms with Gasteiger partial charge >= 0.3 is 0 Å². The van der Waals surface area contributed by atoms with E-state index in [4.69, 9.17) is 23.2 Å². The molecule has 166 valence electrons. The average molecular weight is 462 g/mol. The van der Waals surface area contributed by atoms with E-state index in [0.29, 0.717) is 28.7 Å². The van der Waals surface area contributed by atoms with Crippen LogP contribution in [0.1, 0.15) is 28.8 Å². The van der Waals surface area contributed by atoms with Gasteiger partial charge in [0.2, 0.25) is 5.91 Å². The van der Waals surface area contributed by atoms with Crippen LogP contribution in [0.5, 0.6) is 0 Å². The van der Waals surface area contributed by atoms with Crippen LogP contribution in [0.2, 0.25) is 10.0 Å². The Kier molecular flexibility index (Phi) is 8.35. The SMILES string of the molecule is CN(C)CC(Cc1ccccc1)NC(=O)C1CCCN(C(=O)c2ccc(Cl)c(Cl)c2)C1. The van der Waals surface area contributed by atoms with Gasteiger partial charge in [0.1, 0.15) is 0 Å². The molecule has 7 heteroatoms. The number of nitrogens with zero attached hydrogens (tertiary/aromatic N) is 2. The van der Waals surface area contributed by atoms with Crippen molar-refractivity contribution in [1.82, 2.24) is 15.1 Å². The third-order valence-electron chi connectivity index (χ3n) is 5.50. The topological polar surface area (TPSA) is 52.7 Å². The minimum absolute atomic E-state index is 0.00560. The van der Waals surface area contributed by atoms with E-state index in [1.54, 1.807) is 23.1 Å². The van der Waals surface area contributed by atoms with Crippen molar-refractivity contribution in [1.29, 1.82) is 0 Å². The molecule has 1 aliphatic heterocycles. The molecule has 1 aliphatic rings. The van der Waals surface area contributed by atoms with Crippen molar-refractivity contribution in [3.63, 3.8) is 0 Å². The quantitative estimate of drug-likeness (QED) is 0.673. The summed E-state index contributed by atoms with van der Waals surface area (Å²) in [4.78, 5) is 29.8. The molecule has 2 atom stereocenters. The number of benzene rings is 2. The van der Waals surface area contributed by atoms with Crippen LogP contribution in [0.4, 0.5) is 0 Å². The fourth-order valence-electron chi connectivity index (χ4n) is 4.01. The van der Waals surface area contributed by atoms with E-state index in [1.807, 2.05) is 32.3 Å². The van der Waals surface area contributed by atoms with Crippen molar-refractivity contribution in [3.8, 4) is 0 Å². The Morgan fingerprint density at radius 1 is 1.13 bits per heavy atom. The zero-order chi connectivity index (χ0) is 22.4. The maximum absolute atomic E-state index is 13.1. The largest absolute Gasteiger partial charge is 0.351 e. The minimum atomic E-state index is -0.221. The van der Waals surface area contributed by atoms with Gasteiger partial charge in [0, 0.05) is 31.2 Å². The molecule has 1 saturated heterocycles. The van der Waals surface area contributed by atoms with Crippen molar-refractivity contribution >= 4 is 35.0 Å². The molecule has 1 heterocycles. The van der Waals surface area contributed by atoms with Gasteiger partial charge in [-0.1, -0.05) is 53.5 Å². The predicted octanol–water partition coefficient (Wildman–Crippen LogP) is 4.13. The van der Waals surface area contributed by atoms with Crippen LogP contribution in [0.25, 0.3) is 0 Å². The highest BCUT2D eigenvalue weighted by atomic mass is 35.5. The van der Waals surface area contributed by atoms with Crippen LogP contribution in [0.3, 0.4) is 0 Å². The van der Waals surface area contributed by atoms with Crippen LogP contribution in [-0.2, 0) is 11.2 Å². The number of amides is 2. The number of likely N-dealkylation sites (tertiary alicyclic amines) is 1. The summed E-state index contributed by atoms with van der Waals surface area (Å²) in [6.07, 6.45) is 2.34. The van der Waals surface area contributed by atoms with E-state index in [1.165, 1.54) is 5.56 Å². The number of hydrogen-bond donors (Lipinski definition) is 1. The van der Waals surface area contributed by atoms with Gasteiger partial charge in [0.25, 0.3) is 5.91 Å². The summed E-state index contributed by atoms with van der Waals surface area (Å²) in [5.41, 5.74) is 1.68. The fraction of sp³-hybridized carbons (Fsp3) is 0.417. The zero-order valence-electron chi connectivity index (χ0n) is 18.0. The van der Waals surface area contributed by atoms with E-state index in [2.05, 4.69) is 22.3 Å². The average Bonchev–Trinajstić information content (AvgIpc) is 2.75. The number of halogens is 2. The van der Waals surface area contributed by atoms with Gasteiger partial charge in [0.05, 0.1) is 16.0 Å². The monoisotopic (exact) mass is 461 g/mol. The molecule has 0 aliphatic carbocycles. The first-order valence-electron chi connectivity index (χ1n) is 10.6. The second kappa shape index (κ2) is 11.0. The molecule has 1 N–H and O–H groups in total. The number of carbonyl (C=O) groups excluding carboxylic acids is 2. The van der Waals surface area contributed by atoms with Crippen LogP contribution in [0, 0.1) is 5.92 Å². The smallest absolute Gasteiger partial charge is 0.253 e. The Labute approximate surface area is 194 Å². The van der Waals surface area contributed by atoms with Crippen LogP contribution in [0.15, 0.2) is 48.5 Å². The van der Waals surface area contributed by atoms with Gasteiger partial charge in [-0.05, 0) is 57.1 Å². The molecule has 3 rings (SSSR count). The molecule has 31 heavy (non-hydrogen) atoms. The molecular weight excluding hydrogens is 433 g/mol. The third kappa shape index (κ3) is 6.70. The summed E-state index contributed by atoms with van der Waals surface area (Å²) in [6, 6.07) is 15.1. The number of nitrogens with one attached hydrogen (secondary N) is 1. The Bertz CT molecular complexity index is 905. The lowest BCUT2D eigenvalue weighted by Crippen LogP contribution is -2.50. The Balaban J connectivity index is 1.64. The molecule has 1 fully saturated rings. The molecular formula is C24H29Cl2N3O2. The highest BCUT2D eigenvalue weighted by Gasteiger charge is 2.30. The number of hydrogen-bond acceptors (Lipinski definition) is 3. The third-order valence-corrected chi connectivity index (χ3v) is 6.24. The molecule has 0 radical (unpaired) electrons. The lowest BCUT2D eigenvalue weighted by Gasteiger charge is -2.33. The lowest BCUT2D eigenvalue weighted by atomic mass is 9.95. The highest BCUT2D eigenvalue weighted by molar-refractivity contribution is 6.42. The zero-order valence-corrected chi connectivity index (χ0v) is 19.5. The molecule has 0 bridgehead atoms. The number of rotatable bonds is 7. The van der Waals surface area contributed by atoms with E-state index < -0.39 is 0 Å². The summed E-state index contributed by atoms with van der Waals surface area (Å²) >= 11 is 12.0. The molecule has 5 nitrogen and oxygen atoms in total. The van der Waals surface area contributed by atoms with E-state index in [0.717, 1.165) is 25.8 Å². The van der Waals surface area contributed by atoms with Crippen molar-refractivity contribution in [2.45, 2.75) is 25.3 Å². The standard InChI is InChI=1S/C24H29Cl2N3O2/c1-28(2)16-20(13-17-7-4-3-5-8-17)27-23(30)19-9-6-12-29(15-19)24(31)18-10-11-21(25)22(26)14-18/h3-5,7-8,10-11,14,19-20H,6,9,12-13,15-16H2,1-2H3,(H,27,30). The first-order valence-corrected chi connectivity index (χ1v) is 11.3. The second-order valence-electron chi connectivity index (χ2n) is 8.38. The number of carbonyl (C=O) groups is 2. The fourth-order valence-corrected chi connectivity index (χ4v) is 4.31. The first-order chi connectivity index (χ1) is 14.8. The van der Waals surface area contributed by atoms with E-state index in [-0.39, 0.29) is 23.8 Å². The molecule has 2 aromatic rings. The van der Waals surface area contributed by atoms with Gasteiger partial charge in [-0.2, -0.15) is 0 Å². The summed E-state index contributed by atoms with van der Waals surface area (Å²) in [5, 5.41) is 3.99. The predicted molar refractivity (Wildman–Crippen MR) is 126 cm³/mol. The number of piperidine rings is 1. The molecule has 2 amide bonds. The normalized spacial score (nSPS) is 17.5. The molecule has 0 saturated carbocycles. The summed E-state index contributed by atoms with van der Waals surface area (Å²) in [5.74, 6) is -0.333. The molecule has 2 aromatic carbocycles. The molecule has 2 unspecified atom stereocenters.